The van der Waals surface area contributed by atoms with Crippen molar-refractivity contribution in [2.75, 3.05) is 52.9 Å². The quantitative estimate of drug-likeness (QED) is 0.207. The Morgan fingerprint density at radius 3 is 2.04 bits per heavy atom. The smallest absolute Gasteiger partial charge is 0.477 e. The summed E-state index contributed by atoms with van der Waals surface area (Å²) in [4.78, 5) is 45.0. The van der Waals surface area contributed by atoms with Gasteiger partial charge >= 0.3 is 24.3 Å². The Balaban J connectivity index is 0.000000543. The summed E-state index contributed by atoms with van der Waals surface area (Å²) in [6.45, 7) is 10.7. The summed E-state index contributed by atoms with van der Waals surface area (Å²) in [5, 5.41) is 21.8. The minimum Gasteiger partial charge on any atom is -0.477 e. The molecule has 0 aromatic carbocycles. The number of hydrogen-bond acceptors (Lipinski definition) is 11. The molecule has 0 amide bonds. The summed E-state index contributed by atoms with van der Waals surface area (Å²) < 4.78 is 99.6. The maximum absolute atomic E-state index is 13.5. The SMILES string of the molecule is CCCOc1ncc(S(=O)(=O)N2CCN(CC)CC2)cc1-c1nc2c(CC)n(CCNC)nc2c(=O)[nH]1.O=C(O)C(F)(F)F.O=C(O)C(F)(F)F. The maximum Gasteiger partial charge on any atom is 0.490 e. The second-order valence-electron chi connectivity index (χ2n) is 10.6. The van der Waals surface area contributed by atoms with Crippen LogP contribution in [0.5, 0.6) is 5.88 Å². The number of alkyl halides is 6. The molecule has 286 valence electrons. The van der Waals surface area contributed by atoms with E-state index in [4.69, 9.17) is 29.5 Å². The number of pyridine rings is 1. The van der Waals surface area contributed by atoms with Crippen molar-refractivity contribution in [3.63, 3.8) is 0 Å². The first-order chi connectivity index (χ1) is 23.7. The second kappa shape index (κ2) is 18.2. The zero-order chi connectivity index (χ0) is 38.7. The molecular formula is C28H38F6N8O8S. The van der Waals surface area contributed by atoms with Crippen molar-refractivity contribution in [2.45, 2.75) is 57.4 Å². The van der Waals surface area contributed by atoms with Crippen molar-refractivity contribution in [1.29, 1.82) is 0 Å². The number of aliphatic carboxylic acids is 2. The van der Waals surface area contributed by atoms with Crippen LogP contribution >= 0.6 is 0 Å². The number of hydrogen-bond donors (Lipinski definition) is 4. The Hall–Kier alpha value is -4.35. The fraction of sp³-hybridized carbons (Fsp3) is 0.571. The molecule has 51 heavy (non-hydrogen) atoms. The summed E-state index contributed by atoms with van der Waals surface area (Å²) in [5.41, 5.74) is 1.49. The van der Waals surface area contributed by atoms with Crippen LogP contribution in [0, 0.1) is 0 Å². The number of halogens is 6. The molecule has 3 aromatic heterocycles. The number of nitrogens with zero attached hydrogens (tertiary/aromatic N) is 6. The normalized spacial score (nSPS) is 14.3. The molecule has 23 heteroatoms. The molecule has 3 aromatic rings. The van der Waals surface area contributed by atoms with E-state index in [1.807, 2.05) is 20.9 Å². The number of aryl methyl sites for hydroxylation is 1. The van der Waals surface area contributed by atoms with Gasteiger partial charge in [-0.05, 0) is 32.5 Å². The van der Waals surface area contributed by atoms with Crippen molar-refractivity contribution in [2.24, 2.45) is 0 Å². The van der Waals surface area contributed by atoms with Crippen molar-refractivity contribution in [3.8, 4) is 17.3 Å². The van der Waals surface area contributed by atoms with Crippen molar-refractivity contribution in [3.05, 3.63) is 28.3 Å². The Bertz CT molecular complexity index is 1780. The Morgan fingerprint density at radius 1 is 1.00 bits per heavy atom. The van der Waals surface area contributed by atoms with E-state index >= 15 is 0 Å². The number of aromatic nitrogens is 5. The average Bonchev–Trinajstić information content (AvgIpc) is 3.43. The van der Waals surface area contributed by atoms with Crippen LogP contribution in [0.3, 0.4) is 0 Å². The van der Waals surface area contributed by atoms with Gasteiger partial charge in [-0.1, -0.05) is 20.8 Å². The molecule has 0 unspecified atom stereocenters. The fourth-order valence-corrected chi connectivity index (χ4v) is 5.83. The van der Waals surface area contributed by atoms with Gasteiger partial charge in [0.2, 0.25) is 15.9 Å². The van der Waals surface area contributed by atoms with Crippen LogP contribution in [-0.4, -0.2) is 130 Å². The average molecular weight is 761 g/mol. The number of ether oxygens (including phenoxy) is 1. The van der Waals surface area contributed by atoms with Gasteiger partial charge < -0.3 is 30.2 Å². The lowest BCUT2D eigenvalue weighted by molar-refractivity contribution is -0.193. The maximum atomic E-state index is 13.5. The summed E-state index contributed by atoms with van der Waals surface area (Å²) in [6, 6.07) is 1.50. The van der Waals surface area contributed by atoms with E-state index in [-0.39, 0.29) is 22.1 Å². The molecule has 0 radical (unpaired) electrons. The summed E-state index contributed by atoms with van der Waals surface area (Å²) in [6.07, 6.45) is -7.48. The van der Waals surface area contributed by atoms with Crippen LogP contribution in [0.2, 0.25) is 0 Å². The van der Waals surface area contributed by atoms with Gasteiger partial charge in [0.1, 0.15) is 16.2 Å². The first-order valence-corrected chi connectivity index (χ1v) is 16.8. The van der Waals surface area contributed by atoms with E-state index in [0.717, 1.165) is 18.7 Å². The molecule has 4 rings (SSSR count). The monoisotopic (exact) mass is 760 g/mol. The highest BCUT2D eigenvalue weighted by Gasteiger charge is 2.39. The number of carbonyl (C=O) groups is 2. The van der Waals surface area contributed by atoms with Crippen LogP contribution in [0.15, 0.2) is 22.0 Å². The first-order valence-electron chi connectivity index (χ1n) is 15.3. The highest BCUT2D eigenvalue weighted by molar-refractivity contribution is 7.89. The van der Waals surface area contributed by atoms with Gasteiger partial charge in [0, 0.05) is 32.7 Å². The molecule has 0 aliphatic carbocycles. The largest absolute Gasteiger partial charge is 0.490 e. The van der Waals surface area contributed by atoms with Crippen LogP contribution in [-0.2, 0) is 32.6 Å². The number of fused-ring (bicyclic) bond motifs is 1. The van der Waals surface area contributed by atoms with Gasteiger partial charge in [-0.15, -0.1) is 0 Å². The predicted octanol–water partition coefficient (Wildman–Crippen LogP) is 2.35. The molecule has 1 saturated heterocycles. The van der Waals surface area contributed by atoms with Gasteiger partial charge in [0.25, 0.3) is 5.56 Å². The third-order valence-corrected chi connectivity index (χ3v) is 8.90. The molecule has 1 aliphatic heterocycles. The molecule has 0 spiro atoms. The van der Waals surface area contributed by atoms with E-state index in [2.05, 4.69) is 32.2 Å². The van der Waals surface area contributed by atoms with Crippen molar-refractivity contribution >= 4 is 33.0 Å². The Labute approximate surface area is 287 Å². The molecule has 0 saturated carbocycles. The number of nitrogens with one attached hydrogen (secondary N) is 2. The number of sulfonamides is 1. The lowest BCUT2D eigenvalue weighted by Crippen LogP contribution is -2.48. The third-order valence-electron chi connectivity index (χ3n) is 7.03. The number of aromatic amines is 1. The molecule has 0 atom stereocenters. The van der Waals surface area contributed by atoms with Crippen molar-refractivity contribution in [1.82, 2.24) is 39.3 Å². The third kappa shape index (κ3) is 11.6. The number of carboxylic acids is 2. The molecule has 16 nitrogen and oxygen atoms in total. The molecule has 0 bridgehead atoms. The van der Waals surface area contributed by atoms with Gasteiger partial charge in [0.05, 0.1) is 30.6 Å². The molecule has 4 heterocycles. The fourth-order valence-electron chi connectivity index (χ4n) is 4.44. The Kier molecular flexibility index (Phi) is 15.3. The lowest BCUT2D eigenvalue weighted by Gasteiger charge is -2.33. The highest BCUT2D eigenvalue weighted by Crippen LogP contribution is 2.30. The van der Waals surface area contributed by atoms with Gasteiger partial charge in [-0.3, -0.25) is 9.48 Å². The highest BCUT2D eigenvalue weighted by atomic mass is 32.2. The second-order valence-corrected chi connectivity index (χ2v) is 12.5. The van der Waals surface area contributed by atoms with Crippen LogP contribution in [0.4, 0.5) is 26.3 Å². The van der Waals surface area contributed by atoms with Crippen LogP contribution < -0.4 is 15.6 Å². The van der Waals surface area contributed by atoms with Crippen LogP contribution in [0.1, 0.15) is 32.9 Å². The lowest BCUT2D eigenvalue weighted by atomic mass is 10.2. The molecule has 1 fully saturated rings. The zero-order valence-corrected chi connectivity index (χ0v) is 28.7. The van der Waals surface area contributed by atoms with E-state index in [1.165, 1.54) is 16.6 Å². The van der Waals surface area contributed by atoms with E-state index in [9.17, 15) is 39.6 Å². The number of carboxylic acid groups (broad SMARTS) is 2. The first kappa shape index (κ1) is 42.8. The van der Waals surface area contributed by atoms with E-state index in [1.54, 1.807) is 4.68 Å². The van der Waals surface area contributed by atoms with E-state index in [0.29, 0.717) is 63.4 Å². The zero-order valence-electron chi connectivity index (χ0n) is 27.9. The van der Waals surface area contributed by atoms with Gasteiger partial charge in [-0.2, -0.15) is 35.7 Å². The minimum absolute atomic E-state index is 0.0412. The minimum atomic E-state index is -5.08. The summed E-state index contributed by atoms with van der Waals surface area (Å²) in [7, 11) is -1.93. The number of H-pyrrole nitrogens is 1. The molecule has 4 N–H and O–H groups in total. The van der Waals surface area contributed by atoms with Crippen LogP contribution in [0.25, 0.3) is 22.4 Å². The molecule has 1 aliphatic rings. The summed E-state index contributed by atoms with van der Waals surface area (Å²) >= 11 is 0. The van der Waals surface area contributed by atoms with Gasteiger partial charge in [0.15, 0.2) is 5.52 Å². The predicted molar refractivity (Wildman–Crippen MR) is 169 cm³/mol. The topological polar surface area (TPSA) is 213 Å². The summed E-state index contributed by atoms with van der Waals surface area (Å²) in [5.74, 6) is -5.09. The number of piperazine rings is 1. The van der Waals surface area contributed by atoms with Crippen molar-refractivity contribution < 1.29 is 59.3 Å². The number of rotatable bonds is 11. The standard InChI is InChI=1S/C24H36N8O4S.2C2HF3O2/c1-5-14-36-24-18(15-17(16-26-24)37(34,35)31-12-10-30(7-3)11-13-31)22-27-20-19(6-2)32(9-8-25-4)29-21(20)23(33)28-22;2*3-2(4,5)1(6)7/h15-16,25H,5-14H2,1-4H3,(H,27,28,33);2*(H,6,7). The Morgan fingerprint density at radius 2 is 1.57 bits per heavy atom. The molecular weight excluding hydrogens is 722 g/mol. The number of likely N-dealkylation sites (N-methyl/N-ethyl adjacent to an activating group) is 2. The van der Waals surface area contributed by atoms with Gasteiger partial charge in [-0.25, -0.2) is 28.0 Å². The van der Waals surface area contributed by atoms with E-state index < -0.39 is 39.9 Å².